The third-order valence-corrected chi connectivity index (χ3v) is 10.9. The number of rotatable bonds is 7. The maximum Gasteiger partial charge on any atom is 0.265 e. The predicted octanol–water partition coefficient (Wildman–Crippen LogP) is 9.27. The van der Waals surface area contributed by atoms with E-state index < -0.39 is 16.1 Å². The molecule has 1 unspecified atom stereocenters. The van der Waals surface area contributed by atoms with Gasteiger partial charge in [-0.15, -0.1) is 0 Å². The van der Waals surface area contributed by atoms with Crippen molar-refractivity contribution >= 4 is 21.3 Å². The molecule has 4 aromatic rings. The van der Waals surface area contributed by atoms with Crippen molar-refractivity contribution < 1.29 is 17.9 Å². The van der Waals surface area contributed by atoms with Crippen LogP contribution in [-0.2, 0) is 20.9 Å². The molecule has 1 heterocycles. The summed E-state index contributed by atoms with van der Waals surface area (Å²) >= 11 is 0. The molecule has 8 heteroatoms. The topological polar surface area (TPSA) is 103 Å². The molecule has 0 amide bonds. The molecule has 0 spiro atoms. The highest BCUT2D eigenvalue weighted by Gasteiger charge is 2.44. The summed E-state index contributed by atoms with van der Waals surface area (Å²) in [6.07, 6.45) is 0. The van der Waals surface area contributed by atoms with Crippen molar-refractivity contribution in [3.63, 3.8) is 0 Å². The van der Waals surface area contributed by atoms with Crippen molar-refractivity contribution in [1.29, 1.82) is 10.5 Å². The summed E-state index contributed by atoms with van der Waals surface area (Å²) in [4.78, 5) is 0.0324. The van der Waals surface area contributed by atoms with Crippen LogP contribution in [0.25, 0.3) is 11.3 Å². The third kappa shape index (κ3) is 6.64. The van der Waals surface area contributed by atoms with Crippen LogP contribution in [0.2, 0.25) is 0 Å². The van der Waals surface area contributed by atoms with E-state index in [1.54, 1.807) is 42.5 Å². The van der Waals surface area contributed by atoms with Crippen LogP contribution in [0.1, 0.15) is 81.0 Å². The van der Waals surface area contributed by atoms with Gasteiger partial charge in [0, 0.05) is 11.1 Å². The van der Waals surface area contributed by atoms with E-state index in [1.807, 2.05) is 55.5 Å². The first-order valence-corrected chi connectivity index (χ1v) is 17.8. The quantitative estimate of drug-likeness (QED) is 0.192. The molecule has 4 aromatic carbocycles. The minimum absolute atomic E-state index is 0.0324. The maximum atomic E-state index is 15.1. The summed E-state index contributed by atoms with van der Waals surface area (Å²) in [6, 6.07) is 30.7. The largest absolute Gasteiger partial charge is 0.493 e. The standard InChI is InChI=1S/C42H43N3O4S/c1-27-10-21-33(22-11-27)50(46,47)45-39(29-14-19-32(20-15-29)42(5,6)7)34(25-43)38(28-12-17-31(18-13-28)41(2,3)4)35(26-44)40(45)30-16-23-36(48-8)37(24-30)49-9/h10-24,39H,1-9H3. The number of hydrogen-bond donors (Lipinski definition) is 0. The fourth-order valence-corrected chi connectivity index (χ4v) is 7.86. The zero-order valence-electron chi connectivity index (χ0n) is 30.1. The van der Waals surface area contributed by atoms with Gasteiger partial charge in [0.05, 0.1) is 42.0 Å². The van der Waals surface area contributed by atoms with Gasteiger partial charge in [-0.25, -0.2) is 8.42 Å². The van der Waals surface area contributed by atoms with Crippen LogP contribution in [0.4, 0.5) is 0 Å². The normalized spacial score (nSPS) is 15.4. The van der Waals surface area contributed by atoms with Crippen LogP contribution in [0, 0.1) is 29.6 Å². The molecule has 0 saturated heterocycles. The molecule has 7 nitrogen and oxygen atoms in total. The van der Waals surface area contributed by atoms with Crippen molar-refractivity contribution in [3.8, 4) is 23.6 Å². The van der Waals surface area contributed by atoms with E-state index >= 15 is 8.42 Å². The van der Waals surface area contributed by atoms with E-state index in [4.69, 9.17) is 9.47 Å². The van der Waals surface area contributed by atoms with E-state index in [1.165, 1.54) is 18.5 Å². The Labute approximate surface area is 296 Å². The fourth-order valence-electron chi connectivity index (χ4n) is 6.21. The fraction of sp³-hybridized carbons (Fsp3) is 0.286. The predicted molar refractivity (Wildman–Crippen MR) is 198 cm³/mol. The van der Waals surface area contributed by atoms with Crippen LogP contribution < -0.4 is 9.47 Å². The monoisotopic (exact) mass is 685 g/mol. The summed E-state index contributed by atoms with van der Waals surface area (Å²) in [5.41, 5.74) is 5.07. The lowest BCUT2D eigenvalue weighted by Crippen LogP contribution is -2.38. The number of sulfonamides is 1. The van der Waals surface area contributed by atoms with Gasteiger partial charge in [-0.05, 0) is 70.3 Å². The van der Waals surface area contributed by atoms with Crippen molar-refractivity contribution in [3.05, 3.63) is 136 Å². The molecular formula is C42H43N3O4S. The van der Waals surface area contributed by atoms with E-state index in [0.29, 0.717) is 33.8 Å². The molecule has 50 heavy (non-hydrogen) atoms. The highest BCUT2D eigenvalue weighted by molar-refractivity contribution is 7.89. The Morgan fingerprint density at radius 2 is 1.20 bits per heavy atom. The minimum Gasteiger partial charge on any atom is -0.493 e. The highest BCUT2D eigenvalue weighted by atomic mass is 32.2. The van der Waals surface area contributed by atoms with Crippen LogP contribution in [0.5, 0.6) is 11.5 Å². The molecule has 0 aliphatic carbocycles. The van der Waals surface area contributed by atoms with Crippen LogP contribution in [-0.4, -0.2) is 26.9 Å². The second-order valence-corrected chi connectivity index (χ2v) is 16.3. The molecule has 0 N–H and O–H groups in total. The molecule has 1 aliphatic rings. The van der Waals surface area contributed by atoms with Gasteiger partial charge in [0.1, 0.15) is 12.1 Å². The first kappa shape index (κ1) is 36.0. The molecule has 0 radical (unpaired) electrons. The van der Waals surface area contributed by atoms with Crippen LogP contribution in [0.3, 0.4) is 0 Å². The lowest BCUT2D eigenvalue weighted by molar-refractivity contribution is 0.354. The number of nitrogens with zero attached hydrogens (tertiary/aromatic N) is 3. The Kier molecular flexibility index (Phi) is 9.74. The van der Waals surface area contributed by atoms with Gasteiger partial charge in [0.15, 0.2) is 11.5 Å². The zero-order valence-corrected chi connectivity index (χ0v) is 30.9. The maximum absolute atomic E-state index is 15.1. The number of hydrogen-bond acceptors (Lipinski definition) is 6. The lowest BCUT2D eigenvalue weighted by Gasteiger charge is -2.40. The summed E-state index contributed by atoms with van der Waals surface area (Å²) in [6.45, 7) is 14.5. The van der Waals surface area contributed by atoms with Gasteiger partial charge in [-0.1, -0.05) is 108 Å². The zero-order chi connectivity index (χ0) is 36.6. The van der Waals surface area contributed by atoms with E-state index in [-0.39, 0.29) is 32.6 Å². The Balaban J connectivity index is 1.95. The van der Waals surface area contributed by atoms with Crippen LogP contribution in [0.15, 0.2) is 107 Å². The molecule has 0 saturated carbocycles. The Morgan fingerprint density at radius 1 is 0.680 bits per heavy atom. The smallest absolute Gasteiger partial charge is 0.265 e. The van der Waals surface area contributed by atoms with E-state index in [2.05, 4.69) is 53.7 Å². The summed E-state index contributed by atoms with van der Waals surface area (Å²) in [5.74, 6) is 0.805. The van der Waals surface area contributed by atoms with Gasteiger partial charge in [-0.2, -0.15) is 10.5 Å². The van der Waals surface area contributed by atoms with Gasteiger partial charge >= 0.3 is 0 Å². The number of aryl methyl sites for hydroxylation is 1. The molecule has 0 aromatic heterocycles. The molecule has 0 bridgehead atoms. The van der Waals surface area contributed by atoms with E-state index in [0.717, 1.165) is 16.7 Å². The van der Waals surface area contributed by atoms with E-state index in [9.17, 15) is 10.5 Å². The number of benzene rings is 4. The number of allylic oxidation sites excluding steroid dienone is 2. The minimum atomic E-state index is -4.40. The lowest BCUT2D eigenvalue weighted by atomic mass is 9.80. The number of nitriles is 2. The Bertz CT molecular complexity index is 2170. The first-order chi connectivity index (χ1) is 23.6. The molecule has 5 rings (SSSR count). The first-order valence-electron chi connectivity index (χ1n) is 16.4. The van der Waals surface area contributed by atoms with Crippen molar-refractivity contribution in [2.45, 2.75) is 70.2 Å². The number of methoxy groups -OCH3 is 2. The SMILES string of the molecule is COc1ccc(C2=C(C#N)C(c3ccc(C(C)(C)C)cc3)=C(C#N)C(c3ccc(C(C)(C)C)cc3)N2S(=O)(=O)c2ccc(C)cc2)cc1OC. The van der Waals surface area contributed by atoms with Gasteiger partial charge in [-0.3, -0.25) is 4.31 Å². The van der Waals surface area contributed by atoms with Crippen molar-refractivity contribution in [2.75, 3.05) is 14.2 Å². The summed E-state index contributed by atoms with van der Waals surface area (Å²) in [7, 11) is -1.38. The highest BCUT2D eigenvalue weighted by Crippen LogP contribution is 2.51. The average Bonchev–Trinajstić information content (AvgIpc) is 3.09. The molecule has 1 atom stereocenters. The van der Waals surface area contributed by atoms with Crippen molar-refractivity contribution in [2.24, 2.45) is 0 Å². The Hall–Kier alpha value is -5.31. The van der Waals surface area contributed by atoms with Crippen molar-refractivity contribution in [1.82, 2.24) is 4.31 Å². The summed E-state index contributed by atoms with van der Waals surface area (Å²) in [5, 5.41) is 22.1. The molecule has 0 fully saturated rings. The second kappa shape index (κ2) is 13.5. The second-order valence-electron chi connectivity index (χ2n) is 14.5. The number of ether oxygens (including phenoxy) is 2. The summed E-state index contributed by atoms with van der Waals surface area (Å²) < 4.78 is 42.6. The van der Waals surface area contributed by atoms with Gasteiger partial charge in [0.25, 0.3) is 10.0 Å². The van der Waals surface area contributed by atoms with Crippen LogP contribution >= 0.6 is 0 Å². The average molecular weight is 686 g/mol. The third-order valence-electron chi connectivity index (χ3n) is 9.08. The molecule has 256 valence electrons. The molecule has 1 aliphatic heterocycles. The van der Waals surface area contributed by atoms with Gasteiger partial charge in [0.2, 0.25) is 0 Å². The Morgan fingerprint density at radius 3 is 1.68 bits per heavy atom. The molecular weight excluding hydrogens is 643 g/mol. The van der Waals surface area contributed by atoms with Gasteiger partial charge < -0.3 is 9.47 Å².